The Kier molecular flexibility index (Phi) is 9.69. The molecule has 2 heterocycles. The van der Waals surface area contributed by atoms with Crippen LogP contribution in [-0.2, 0) is 22.2 Å². The molecule has 2 aliphatic rings. The van der Waals surface area contributed by atoms with Gasteiger partial charge < -0.3 is 10.2 Å². The highest BCUT2D eigenvalue weighted by Gasteiger charge is 2.32. The minimum absolute atomic E-state index is 0.133. The summed E-state index contributed by atoms with van der Waals surface area (Å²) in [5.74, 6) is 0.109. The molecule has 0 radical (unpaired) electrons. The Morgan fingerprint density at radius 3 is 2.36 bits per heavy atom. The van der Waals surface area contributed by atoms with Crippen molar-refractivity contribution in [1.29, 1.82) is 0 Å². The SMILES string of the molecule is O=C(CN1C(=O)/C(=C/c2ccc(C(F)(F)F)cc2)Sc2ccccc21)NCCCN1CCC(Cc2ccccc2)CC1. The molecule has 0 bridgehead atoms. The van der Waals surface area contributed by atoms with Crippen molar-refractivity contribution >= 4 is 35.3 Å². The molecular weight excluding hydrogens is 559 g/mol. The van der Waals surface area contributed by atoms with Crippen LogP contribution in [-0.4, -0.2) is 49.4 Å². The molecule has 0 unspecified atom stereocenters. The second kappa shape index (κ2) is 13.6. The minimum atomic E-state index is -4.43. The van der Waals surface area contributed by atoms with Crippen molar-refractivity contribution in [1.82, 2.24) is 10.2 Å². The summed E-state index contributed by atoms with van der Waals surface area (Å²) in [5, 5.41) is 2.95. The summed E-state index contributed by atoms with van der Waals surface area (Å²) >= 11 is 1.25. The predicted octanol–water partition coefficient (Wildman–Crippen LogP) is 6.65. The number of amides is 2. The van der Waals surface area contributed by atoms with Gasteiger partial charge >= 0.3 is 6.18 Å². The minimum Gasteiger partial charge on any atom is -0.355 e. The number of likely N-dealkylation sites (tertiary alicyclic amines) is 1. The van der Waals surface area contributed by atoms with E-state index in [1.807, 2.05) is 18.2 Å². The molecule has 1 N–H and O–H groups in total. The predicted molar refractivity (Wildman–Crippen MR) is 161 cm³/mol. The third-order valence-electron chi connectivity index (χ3n) is 7.72. The van der Waals surface area contributed by atoms with Crippen molar-refractivity contribution in [2.75, 3.05) is 37.6 Å². The summed E-state index contributed by atoms with van der Waals surface area (Å²) in [6.07, 6.45) is 1.45. The average Bonchev–Trinajstić information content (AvgIpc) is 2.98. The van der Waals surface area contributed by atoms with Crippen molar-refractivity contribution in [2.24, 2.45) is 5.92 Å². The van der Waals surface area contributed by atoms with E-state index in [9.17, 15) is 22.8 Å². The van der Waals surface area contributed by atoms with Gasteiger partial charge in [-0.15, -0.1) is 0 Å². The monoisotopic (exact) mass is 593 g/mol. The molecule has 0 aromatic heterocycles. The number of hydrogen-bond acceptors (Lipinski definition) is 4. The number of anilines is 1. The lowest BCUT2D eigenvalue weighted by Crippen LogP contribution is -2.43. The Labute approximate surface area is 248 Å². The van der Waals surface area contributed by atoms with Gasteiger partial charge in [0, 0.05) is 11.4 Å². The second-order valence-electron chi connectivity index (χ2n) is 10.8. The van der Waals surface area contributed by atoms with Crippen molar-refractivity contribution in [3.8, 4) is 0 Å². The van der Waals surface area contributed by atoms with Crippen LogP contribution in [0.1, 0.15) is 36.0 Å². The Morgan fingerprint density at radius 2 is 1.64 bits per heavy atom. The third kappa shape index (κ3) is 7.83. The Balaban J connectivity index is 1.12. The van der Waals surface area contributed by atoms with Crippen molar-refractivity contribution in [3.05, 3.63) is 100 Å². The third-order valence-corrected chi connectivity index (χ3v) is 8.79. The second-order valence-corrected chi connectivity index (χ2v) is 11.9. The highest BCUT2D eigenvalue weighted by molar-refractivity contribution is 8.04. The molecule has 2 aliphatic heterocycles. The standard InChI is InChI=1S/C33H34F3N3O2S/c34-33(35,36)27-13-11-25(12-14-27)22-30-32(41)39(28-9-4-5-10-29(28)42-30)23-31(40)37-17-6-18-38-19-15-26(16-20-38)21-24-7-2-1-3-8-24/h1-5,7-14,22,26H,6,15-21,23H2,(H,37,40)/b30-22-. The first kappa shape index (κ1) is 29.9. The van der Waals surface area contributed by atoms with E-state index in [1.54, 1.807) is 12.1 Å². The zero-order chi connectivity index (χ0) is 29.5. The molecule has 0 spiro atoms. The molecule has 0 atom stereocenters. The van der Waals surface area contributed by atoms with E-state index in [1.165, 1.54) is 47.2 Å². The number of thioether (sulfide) groups is 1. The molecular formula is C33H34F3N3O2S. The number of nitrogens with one attached hydrogen (secondary N) is 1. The lowest BCUT2D eigenvalue weighted by atomic mass is 9.90. The summed E-state index contributed by atoms with van der Waals surface area (Å²) in [5.41, 5.74) is 1.77. The van der Waals surface area contributed by atoms with Gasteiger partial charge in [0.2, 0.25) is 5.91 Å². The van der Waals surface area contributed by atoms with Gasteiger partial charge in [-0.1, -0.05) is 66.4 Å². The maximum atomic E-state index is 13.4. The van der Waals surface area contributed by atoms with Crippen LogP contribution < -0.4 is 10.2 Å². The van der Waals surface area contributed by atoms with E-state index in [0.717, 1.165) is 49.5 Å². The summed E-state index contributed by atoms with van der Waals surface area (Å²) in [6.45, 7) is 3.44. The molecule has 0 aliphatic carbocycles. The van der Waals surface area contributed by atoms with E-state index >= 15 is 0 Å². The number of para-hydroxylation sites is 1. The lowest BCUT2D eigenvalue weighted by Gasteiger charge is -2.32. The Bertz CT molecular complexity index is 1400. The van der Waals surface area contributed by atoms with Gasteiger partial charge in [0.05, 0.1) is 16.2 Å². The van der Waals surface area contributed by atoms with E-state index < -0.39 is 11.7 Å². The van der Waals surface area contributed by atoms with Gasteiger partial charge in [-0.2, -0.15) is 13.2 Å². The molecule has 3 aromatic carbocycles. The maximum absolute atomic E-state index is 13.4. The zero-order valence-electron chi connectivity index (χ0n) is 23.3. The zero-order valence-corrected chi connectivity index (χ0v) is 24.1. The average molecular weight is 594 g/mol. The van der Waals surface area contributed by atoms with Crippen LogP contribution in [0.25, 0.3) is 6.08 Å². The van der Waals surface area contributed by atoms with E-state index in [4.69, 9.17) is 0 Å². The smallest absolute Gasteiger partial charge is 0.355 e. The number of rotatable bonds is 9. The number of piperidine rings is 1. The number of nitrogens with zero attached hydrogens (tertiary/aromatic N) is 2. The van der Waals surface area contributed by atoms with Crippen LogP contribution in [0.3, 0.4) is 0 Å². The largest absolute Gasteiger partial charge is 0.416 e. The van der Waals surface area contributed by atoms with Crippen LogP contribution in [0.5, 0.6) is 0 Å². The molecule has 1 fully saturated rings. The highest BCUT2D eigenvalue weighted by Crippen LogP contribution is 2.42. The van der Waals surface area contributed by atoms with Crippen LogP contribution in [0.2, 0.25) is 0 Å². The van der Waals surface area contributed by atoms with Crippen molar-refractivity contribution in [2.45, 2.75) is 36.8 Å². The summed E-state index contributed by atoms with van der Waals surface area (Å²) in [6, 6.07) is 22.6. The summed E-state index contributed by atoms with van der Waals surface area (Å²) < 4.78 is 38.8. The molecule has 220 valence electrons. The molecule has 3 aromatic rings. The topological polar surface area (TPSA) is 52.7 Å². The molecule has 5 rings (SSSR count). The quantitative estimate of drug-likeness (QED) is 0.223. The lowest BCUT2D eigenvalue weighted by molar-refractivity contribution is -0.137. The first-order valence-corrected chi connectivity index (χ1v) is 15.1. The summed E-state index contributed by atoms with van der Waals surface area (Å²) in [4.78, 5) is 31.3. The Morgan fingerprint density at radius 1 is 0.952 bits per heavy atom. The first-order valence-electron chi connectivity index (χ1n) is 14.3. The molecule has 0 saturated carbocycles. The molecule has 1 saturated heterocycles. The fourth-order valence-electron chi connectivity index (χ4n) is 5.43. The highest BCUT2D eigenvalue weighted by atomic mass is 32.2. The van der Waals surface area contributed by atoms with E-state index in [0.29, 0.717) is 28.6 Å². The van der Waals surface area contributed by atoms with Crippen LogP contribution in [0, 0.1) is 5.92 Å². The number of halogens is 3. The van der Waals surface area contributed by atoms with E-state index in [-0.39, 0.29) is 18.4 Å². The Hall–Kier alpha value is -3.56. The molecule has 5 nitrogen and oxygen atoms in total. The van der Waals surface area contributed by atoms with E-state index in [2.05, 4.69) is 40.5 Å². The van der Waals surface area contributed by atoms with Gasteiger partial charge in [0.15, 0.2) is 0 Å². The van der Waals surface area contributed by atoms with Crippen LogP contribution in [0.15, 0.2) is 88.7 Å². The number of benzene rings is 3. The number of fused-ring (bicyclic) bond motifs is 1. The number of alkyl halides is 3. The van der Waals surface area contributed by atoms with Gasteiger partial charge in [-0.05, 0) is 92.7 Å². The number of carbonyl (C=O) groups excluding carboxylic acids is 2. The van der Waals surface area contributed by atoms with Gasteiger partial charge in [-0.25, -0.2) is 0 Å². The van der Waals surface area contributed by atoms with Gasteiger partial charge in [-0.3, -0.25) is 14.5 Å². The van der Waals surface area contributed by atoms with Gasteiger partial charge in [0.25, 0.3) is 5.91 Å². The molecule has 42 heavy (non-hydrogen) atoms. The molecule has 2 amide bonds. The number of hydrogen-bond donors (Lipinski definition) is 1. The first-order chi connectivity index (χ1) is 20.3. The molecule has 9 heteroatoms. The van der Waals surface area contributed by atoms with Crippen LogP contribution >= 0.6 is 11.8 Å². The summed E-state index contributed by atoms with van der Waals surface area (Å²) in [7, 11) is 0. The number of carbonyl (C=O) groups is 2. The fourth-order valence-corrected chi connectivity index (χ4v) is 6.49. The van der Waals surface area contributed by atoms with Crippen LogP contribution in [0.4, 0.5) is 18.9 Å². The maximum Gasteiger partial charge on any atom is 0.416 e. The van der Waals surface area contributed by atoms with Crippen molar-refractivity contribution < 1.29 is 22.8 Å². The normalized spacial score (nSPS) is 17.4. The van der Waals surface area contributed by atoms with Crippen molar-refractivity contribution in [3.63, 3.8) is 0 Å². The van der Waals surface area contributed by atoms with Gasteiger partial charge in [0.1, 0.15) is 6.54 Å². The fraction of sp³-hybridized carbons (Fsp3) is 0.333.